The number of nitrogens with zero attached hydrogens (tertiary/aromatic N) is 4. The van der Waals surface area contributed by atoms with E-state index < -0.39 is 0 Å². The highest BCUT2D eigenvalue weighted by Gasteiger charge is 2.26. The number of aryl methyl sites for hydroxylation is 6. The van der Waals surface area contributed by atoms with Crippen molar-refractivity contribution in [3.63, 3.8) is 0 Å². The van der Waals surface area contributed by atoms with Crippen LogP contribution in [0.5, 0.6) is 0 Å². The average Bonchev–Trinajstić information content (AvgIpc) is 3.55. The van der Waals surface area contributed by atoms with Crippen molar-refractivity contribution >= 4 is 0 Å². The standard InChI is InChI=1S/C32H40N4O2/c1-21-13-28(33-31(15-21)35-23(3)7-8-24(35)4)19-37-18-27-11-12-30(17-27)38-20-29-14-22(2)16-32(34-29)36-25(5)9-10-26(36)6/h7-10,13-16,27,30H,11-12,17-20H2,1-6H3/t27-,30-/m0/s1. The zero-order valence-corrected chi connectivity index (χ0v) is 23.6. The molecule has 200 valence electrons. The maximum atomic E-state index is 6.32. The molecule has 0 spiro atoms. The Kier molecular flexibility index (Phi) is 7.82. The van der Waals surface area contributed by atoms with Crippen LogP contribution in [0.1, 0.15) is 64.6 Å². The van der Waals surface area contributed by atoms with Crippen molar-refractivity contribution in [2.24, 2.45) is 5.92 Å². The Morgan fingerprint density at radius 2 is 1.18 bits per heavy atom. The molecule has 0 N–H and O–H groups in total. The lowest BCUT2D eigenvalue weighted by Crippen LogP contribution is -2.13. The third-order valence-corrected chi connectivity index (χ3v) is 7.58. The molecule has 1 aliphatic rings. The van der Waals surface area contributed by atoms with Gasteiger partial charge in [0.25, 0.3) is 0 Å². The Morgan fingerprint density at radius 3 is 1.71 bits per heavy atom. The van der Waals surface area contributed by atoms with E-state index in [0.29, 0.717) is 19.1 Å². The highest BCUT2D eigenvalue weighted by molar-refractivity contribution is 5.36. The molecule has 0 bridgehead atoms. The normalized spacial score (nSPS) is 17.4. The van der Waals surface area contributed by atoms with Crippen molar-refractivity contribution in [1.82, 2.24) is 19.1 Å². The first-order chi connectivity index (χ1) is 18.3. The predicted molar refractivity (Wildman–Crippen MR) is 151 cm³/mol. The van der Waals surface area contributed by atoms with Gasteiger partial charge in [-0.15, -0.1) is 0 Å². The van der Waals surface area contributed by atoms with Gasteiger partial charge in [0.05, 0.1) is 37.3 Å². The smallest absolute Gasteiger partial charge is 0.137 e. The van der Waals surface area contributed by atoms with E-state index in [1.54, 1.807) is 0 Å². The Morgan fingerprint density at radius 1 is 0.684 bits per heavy atom. The molecule has 4 heterocycles. The fourth-order valence-electron chi connectivity index (χ4n) is 5.74. The van der Waals surface area contributed by atoms with Gasteiger partial charge in [0.2, 0.25) is 0 Å². The van der Waals surface area contributed by atoms with Crippen molar-refractivity contribution < 1.29 is 9.47 Å². The Hall–Kier alpha value is -3.22. The van der Waals surface area contributed by atoms with Crippen LogP contribution in [0.25, 0.3) is 11.6 Å². The zero-order valence-electron chi connectivity index (χ0n) is 23.6. The van der Waals surface area contributed by atoms with Gasteiger partial charge in [0.1, 0.15) is 11.6 Å². The summed E-state index contributed by atoms with van der Waals surface area (Å²) >= 11 is 0. The summed E-state index contributed by atoms with van der Waals surface area (Å²) in [4.78, 5) is 9.80. The average molecular weight is 513 g/mol. The first-order valence-corrected chi connectivity index (χ1v) is 13.7. The van der Waals surface area contributed by atoms with Crippen LogP contribution < -0.4 is 0 Å². The number of rotatable bonds is 9. The van der Waals surface area contributed by atoms with E-state index >= 15 is 0 Å². The predicted octanol–water partition coefficient (Wildman–Crippen LogP) is 6.81. The molecule has 1 aliphatic carbocycles. The van der Waals surface area contributed by atoms with Gasteiger partial charge in [-0.1, -0.05) is 0 Å². The number of pyridine rings is 2. The lowest BCUT2D eigenvalue weighted by Gasteiger charge is -2.15. The highest BCUT2D eigenvalue weighted by atomic mass is 16.5. The molecule has 0 saturated heterocycles. The van der Waals surface area contributed by atoms with Gasteiger partial charge in [-0.25, -0.2) is 9.97 Å². The highest BCUT2D eigenvalue weighted by Crippen LogP contribution is 2.29. The number of aromatic nitrogens is 4. The molecule has 1 saturated carbocycles. The maximum Gasteiger partial charge on any atom is 0.137 e. The molecule has 0 amide bonds. The van der Waals surface area contributed by atoms with Crippen molar-refractivity contribution in [2.45, 2.75) is 80.1 Å². The van der Waals surface area contributed by atoms with E-state index in [1.807, 2.05) is 0 Å². The van der Waals surface area contributed by atoms with Gasteiger partial charge in [0, 0.05) is 22.8 Å². The summed E-state index contributed by atoms with van der Waals surface area (Å²) in [6.07, 6.45) is 3.49. The third-order valence-electron chi connectivity index (χ3n) is 7.58. The van der Waals surface area contributed by atoms with E-state index in [-0.39, 0.29) is 6.10 Å². The topological polar surface area (TPSA) is 54.1 Å². The van der Waals surface area contributed by atoms with Gasteiger partial charge in [-0.2, -0.15) is 0 Å². The minimum Gasteiger partial charge on any atom is -0.375 e. The minimum absolute atomic E-state index is 0.257. The molecule has 2 atom stereocenters. The molecular weight excluding hydrogens is 472 g/mol. The van der Waals surface area contributed by atoms with Crippen LogP contribution in [0.2, 0.25) is 0 Å². The molecule has 1 fully saturated rings. The minimum atomic E-state index is 0.257. The molecule has 5 rings (SSSR count). The van der Waals surface area contributed by atoms with Crippen molar-refractivity contribution in [3.8, 4) is 11.6 Å². The van der Waals surface area contributed by atoms with Crippen LogP contribution >= 0.6 is 0 Å². The van der Waals surface area contributed by atoms with E-state index in [2.05, 4.69) is 99.2 Å². The maximum absolute atomic E-state index is 6.32. The number of hydrogen-bond acceptors (Lipinski definition) is 4. The molecule has 38 heavy (non-hydrogen) atoms. The van der Waals surface area contributed by atoms with E-state index in [0.717, 1.165) is 48.9 Å². The molecule has 4 aromatic heterocycles. The van der Waals surface area contributed by atoms with Gasteiger partial charge in [-0.3, -0.25) is 0 Å². The first kappa shape index (κ1) is 26.4. The molecule has 6 heteroatoms. The van der Waals surface area contributed by atoms with Crippen LogP contribution in [0.3, 0.4) is 0 Å². The summed E-state index contributed by atoms with van der Waals surface area (Å²) in [5.74, 6) is 2.45. The monoisotopic (exact) mass is 512 g/mol. The van der Waals surface area contributed by atoms with E-state index in [4.69, 9.17) is 19.4 Å². The largest absolute Gasteiger partial charge is 0.375 e. The summed E-state index contributed by atoms with van der Waals surface area (Å²) in [5, 5.41) is 0. The molecule has 0 aromatic carbocycles. The zero-order chi connectivity index (χ0) is 26.8. The fourth-order valence-corrected chi connectivity index (χ4v) is 5.74. The van der Waals surface area contributed by atoms with Gasteiger partial charge < -0.3 is 18.6 Å². The molecule has 0 aliphatic heterocycles. The quantitative estimate of drug-likeness (QED) is 0.247. The lowest BCUT2D eigenvalue weighted by molar-refractivity contribution is 0.0327. The fraction of sp³-hybridized carbons (Fsp3) is 0.438. The Bertz CT molecular complexity index is 1380. The van der Waals surface area contributed by atoms with Crippen molar-refractivity contribution in [2.75, 3.05) is 6.61 Å². The van der Waals surface area contributed by atoms with Crippen LogP contribution in [0.4, 0.5) is 0 Å². The van der Waals surface area contributed by atoms with Gasteiger partial charge >= 0.3 is 0 Å². The van der Waals surface area contributed by atoms with Gasteiger partial charge in [0.15, 0.2) is 0 Å². The second-order valence-corrected chi connectivity index (χ2v) is 11.0. The van der Waals surface area contributed by atoms with Crippen LogP contribution in [-0.2, 0) is 22.7 Å². The SMILES string of the molecule is Cc1cc(COC[C@H]2CC[C@H](OCc3cc(C)cc(-n4c(C)ccc4C)n3)C2)nc(-n2c(C)ccc2C)c1. The molecule has 4 aromatic rings. The van der Waals surface area contributed by atoms with Crippen molar-refractivity contribution in [3.05, 3.63) is 93.8 Å². The third kappa shape index (κ3) is 5.92. The van der Waals surface area contributed by atoms with E-state index in [1.165, 1.54) is 33.9 Å². The molecule has 0 radical (unpaired) electrons. The summed E-state index contributed by atoms with van der Waals surface area (Å²) in [6, 6.07) is 17.1. The van der Waals surface area contributed by atoms with Gasteiger partial charge in [-0.05, 0) is 126 Å². The lowest BCUT2D eigenvalue weighted by atomic mass is 10.1. The number of hydrogen-bond donors (Lipinski definition) is 0. The summed E-state index contributed by atoms with van der Waals surface area (Å²) in [6.45, 7) is 14.5. The van der Waals surface area contributed by atoms with Crippen LogP contribution in [0.15, 0.2) is 48.5 Å². The Labute approximate surface area is 226 Å². The van der Waals surface area contributed by atoms with Crippen molar-refractivity contribution in [1.29, 1.82) is 0 Å². The first-order valence-electron chi connectivity index (χ1n) is 13.7. The second-order valence-electron chi connectivity index (χ2n) is 11.0. The second kappa shape index (κ2) is 11.3. The van der Waals surface area contributed by atoms with E-state index in [9.17, 15) is 0 Å². The summed E-state index contributed by atoms with van der Waals surface area (Å²) in [5.41, 5.74) is 9.14. The summed E-state index contributed by atoms with van der Waals surface area (Å²) < 4.78 is 16.9. The Balaban J connectivity index is 1.13. The molecule has 6 nitrogen and oxygen atoms in total. The molecule has 0 unspecified atom stereocenters. The summed E-state index contributed by atoms with van der Waals surface area (Å²) in [7, 11) is 0. The molecular formula is C32H40N4O2. The number of ether oxygens (including phenoxy) is 2. The van der Waals surface area contributed by atoms with Crippen LogP contribution in [0, 0.1) is 47.5 Å². The van der Waals surface area contributed by atoms with Crippen LogP contribution in [-0.4, -0.2) is 31.8 Å².